The van der Waals surface area contributed by atoms with Gasteiger partial charge < -0.3 is 20.1 Å². The van der Waals surface area contributed by atoms with Gasteiger partial charge in [0.25, 0.3) is 0 Å². The van der Waals surface area contributed by atoms with E-state index in [1.807, 2.05) is 18.2 Å². The summed E-state index contributed by atoms with van der Waals surface area (Å²) in [5, 5.41) is 7.23. The van der Waals surface area contributed by atoms with E-state index in [1.165, 1.54) is 0 Å². The van der Waals surface area contributed by atoms with Crippen molar-refractivity contribution in [3.8, 4) is 45.3 Å². The van der Waals surface area contributed by atoms with E-state index < -0.39 is 5.41 Å². The average molecular weight is 671 g/mol. The third-order valence-corrected chi connectivity index (χ3v) is 10.4. The fourth-order valence-electron chi connectivity index (χ4n) is 8.05. The van der Waals surface area contributed by atoms with Gasteiger partial charge in [-0.25, -0.2) is 0 Å². The Balaban J connectivity index is 1.19. The molecule has 0 fully saturated rings. The molecule has 0 aliphatic carbocycles. The number of fused-ring (bicyclic) bond motifs is 8. The first kappa shape index (κ1) is 30.1. The van der Waals surface area contributed by atoms with Crippen molar-refractivity contribution in [3.05, 3.63) is 210 Å². The van der Waals surface area contributed by atoms with Crippen LogP contribution in [0, 0.1) is 0 Å². The lowest BCUT2D eigenvalue weighted by atomic mass is 9.62. The van der Waals surface area contributed by atoms with Gasteiger partial charge in [-0.2, -0.15) is 0 Å². The van der Waals surface area contributed by atoms with E-state index >= 15 is 0 Å². The number of dihydropyridines is 1. The van der Waals surface area contributed by atoms with Crippen molar-refractivity contribution in [3.63, 3.8) is 0 Å². The molecule has 52 heavy (non-hydrogen) atoms. The highest BCUT2D eigenvalue weighted by atomic mass is 16.5. The van der Waals surface area contributed by atoms with Crippen LogP contribution >= 0.6 is 0 Å². The molecule has 4 nitrogen and oxygen atoms in total. The summed E-state index contributed by atoms with van der Waals surface area (Å²) in [7, 11) is 0. The zero-order valence-electron chi connectivity index (χ0n) is 28.3. The molecule has 7 aromatic rings. The summed E-state index contributed by atoms with van der Waals surface area (Å²) >= 11 is 0. The summed E-state index contributed by atoms with van der Waals surface area (Å²) in [6.07, 6.45) is 6.34. The molecule has 0 atom stereocenters. The van der Waals surface area contributed by atoms with Gasteiger partial charge in [-0.15, -0.1) is 0 Å². The van der Waals surface area contributed by atoms with E-state index in [2.05, 4.69) is 174 Å². The monoisotopic (exact) mass is 670 g/mol. The van der Waals surface area contributed by atoms with Crippen molar-refractivity contribution in [1.29, 1.82) is 0 Å². The summed E-state index contributed by atoms with van der Waals surface area (Å²) in [5.41, 5.74) is 12.4. The SMILES string of the molecule is C1=CCNC(c2ccc3c(c2)Oc2ccc(-c4ccc(-c5ccccc5)c(Nc5ccccc5)c4)cc2C32c3ccccc3Oc3ccccc32)=C1. The number of hydrogen-bond donors (Lipinski definition) is 2. The summed E-state index contributed by atoms with van der Waals surface area (Å²) in [5.74, 6) is 3.35. The maximum absolute atomic E-state index is 6.91. The Bertz CT molecular complexity index is 2510. The third kappa shape index (κ3) is 4.84. The normalized spacial score (nSPS) is 14.3. The zero-order chi connectivity index (χ0) is 34.5. The molecule has 0 saturated carbocycles. The molecule has 0 bridgehead atoms. The van der Waals surface area contributed by atoms with E-state index in [9.17, 15) is 0 Å². The molecule has 10 rings (SSSR count). The van der Waals surface area contributed by atoms with Gasteiger partial charge in [0.1, 0.15) is 23.0 Å². The summed E-state index contributed by atoms with van der Waals surface area (Å²) in [6, 6.07) is 57.8. The quantitative estimate of drug-likeness (QED) is 0.191. The lowest BCUT2D eigenvalue weighted by molar-refractivity contribution is 0.399. The van der Waals surface area contributed by atoms with Crippen LogP contribution in [0.4, 0.5) is 11.4 Å². The standard InChI is InChI=1S/C48H34N2O2/c1-3-13-32(14-4-1)37-25-22-34(30-43(37)50-36-15-5-2-6-16-36)33-24-27-46-41(29-33)48(38-17-7-9-20-44(38)51-45-21-10-8-18-39(45)48)40-26-23-35(31-47(40)52-46)42-19-11-12-28-49-42/h1-27,29-31,49-50H,28H2. The molecule has 4 heteroatoms. The summed E-state index contributed by atoms with van der Waals surface area (Å²) in [6.45, 7) is 0.798. The predicted octanol–water partition coefficient (Wildman–Crippen LogP) is 11.9. The van der Waals surface area contributed by atoms with Crippen LogP contribution in [0.1, 0.15) is 27.8 Å². The zero-order valence-corrected chi connectivity index (χ0v) is 28.3. The van der Waals surface area contributed by atoms with Gasteiger partial charge in [0.15, 0.2) is 0 Å². The molecule has 3 aliphatic heterocycles. The number of rotatable bonds is 5. The Morgan fingerprint density at radius 2 is 1.10 bits per heavy atom. The molecular formula is C48H34N2O2. The first-order valence-electron chi connectivity index (χ1n) is 17.7. The second-order valence-corrected chi connectivity index (χ2v) is 13.4. The van der Waals surface area contributed by atoms with Crippen LogP contribution in [0.2, 0.25) is 0 Å². The van der Waals surface area contributed by atoms with Crippen molar-refractivity contribution >= 4 is 17.1 Å². The highest BCUT2D eigenvalue weighted by molar-refractivity contribution is 5.86. The minimum atomic E-state index is -0.688. The van der Waals surface area contributed by atoms with Crippen LogP contribution in [0.5, 0.6) is 23.0 Å². The number of para-hydroxylation sites is 3. The average Bonchev–Trinajstić information content (AvgIpc) is 3.21. The molecule has 7 aromatic carbocycles. The number of allylic oxidation sites excluding steroid dienone is 2. The Morgan fingerprint density at radius 3 is 1.85 bits per heavy atom. The summed E-state index contributed by atoms with van der Waals surface area (Å²) in [4.78, 5) is 0. The van der Waals surface area contributed by atoms with Crippen molar-refractivity contribution in [1.82, 2.24) is 5.32 Å². The van der Waals surface area contributed by atoms with E-state index in [0.717, 1.165) is 96.7 Å². The van der Waals surface area contributed by atoms with Gasteiger partial charge in [-0.1, -0.05) is 127 Å². The van der Waals surface area contributed by atoms with Crippen LogP contribution in [-0.2, 0) is 5.41 Å². The van der Waals surface area contributed by atoms with E-state index in [0.29, 0.717) is 0 Å². The summed E-state index contributed by atoms with van der Waals surface area (Å²) < 4.78 is 13.5. The van der Waals surface area contributed by atoms with Crippen molar-refractivity contribution in [2.45, 2.75) is 5.41 Å². The number of nitrogens with one attached hydrogen (secondary N) is 2. The highest BCUT2D eigenvalue weighted by Gasteiger charge is 2.50. The van der Waals surface area contributed by atoms with Crippen LogP contribution in [0.15, 0.2) is 182 Å². The second kappa shape index (κ2) is 12.2. The van der Waals surface area contributed by atoms with Gasteiger partial charge in [0.05, 0.1) is 5.41 Å². The largest absolute Gasteiger partial charge is 0.457 e. The van der Waals surface area contributed by atoms with Crippen molar-refractivity contribution in [2.75, 3.05) is 11.9 Å². The smallest absolute Gasteiger partial charge is 0.132 e. The van der Waals surface area contributed by atoms with Crippen LogP contribution < -0.4 is 20.1 Å². The van der Waals surface area contributed by atoms with Gasteiger partial charge >= 0.3 is 0 Å². The fraction of sp³-hybridized carbons (Fsp3) is 0.0417. The van der Waals surface area contributed by atoms with Gasteiger partial charge in [0.2, 0.25) is 0 Å². The van der Waals surface area contributed by atoms with Gasteiger partial charge in [-0.05, 0) is 71.3 Å². The van der Waals surface area contributed by atoms with Crippen molar-refractivity contribution in [2.24, 2.45) is 0 Å². The minimum Gasteiger partial charge on any atom is -0.457 e. The Morgan fingerprint density at radius 1 is 0.481 bits per heavy atom. The molecule has 0 unspecified atom stereocenters. The molecule has 0 radical (unpaired) electrons. The highest BCUT2D eigenvalue weighted by Crippen LogP contribution is 2.62. The Labute approximate surface area is 303 Å². The maximum Gasteiger partial charge on any atom is 0.132 e. The molecule has 1 spiro atoms. The molecule has 3 aliphatic rings. The molecule has 3 heterocycles. The van der Waals surface area contributed by atoms with Crippen LogP contribution in [0.25, 0.3) is 28.0 Å². The second-order valence-electron chi connectivity index (χ2n) is 13.4. The van der Waals surface area contributed by atoms with E-state index in [4.69, 9.17) is 9.47 Å². The third-order valence-electron chi connectivity index (χ3n) is 10.4. The van der Waals surface area contributed by atoms with Crippen molar-refractivity contribution < 1.29 is 9.47 Å². The molecule has 2 N–H and O–H groups in total. The van der Waals surface area contributed by atoms with Crippen LogP contribution in [-0.4, -0.2) is 6.54 Å². The molecule has 0 saturated heterocycles. The maximum atomic E-state index is 6.91. The number of benzene rings is 7. The fourth-order valence-corrected chi connectivity index (χ4v) is 8.05. The first-order chi connectivity index (χ1) is 25.8. The van der Waals surface area contributed by atoms with E-state index in [-0.39, 0.29) is 0 Å². The first-order valence-corrected chi connectivity index (χ1v) is 17.7. The lowest BCUT2D eigenvalue weighted by Gasteiger charge is -2.45. The molecule has 0 amide bonds. The van der Waals surface area contributed by atoms with Crippen LogP contribution in [0.3, 0.4) is 0 Å². The number of anilines is 2. The Kier molecular flexibility index (Phi) is 7.07. The molecular weight excluding hydrogens is 637 g/mol. The van der Waals surface area contributed by atoms with Gasteiger partial charge in [0, 0.05) is 57.0 Å². The Hall–Kier alpha value is -6.78. The topological polar surface area (TPSA) is 42.5 Å². The number of hydrogen-bond acceptors (Lipinski definition) is 4. The van der Waals surface area contributed by atoms with Gasteiger partial charge in [-0.3, -0.25) is 0 Å². The predicted molar refractivity (Wildman–Crippen MR) is 211 cm³/mol. The molecule has 0 aromatic heterocycles. The lowest BCUT2D eigenvalue weighted by Crippen LogP contribution is -2.37. The molecule has 248 valence electrons. The minimum absolute atomic E-state index is 0.688. The van der Waals surface area contributed by atoms with E-state index in [1.54, 1.807) is 0 Å². The number of ether oxygens (including phenoxy) is 2.